The first-order valence-electron chi connectivity index (χ1n) is 4.92. The van der Waals surface area contributed by atoms with Gasteiger partial charge in [-0.2, -0.15) is 0 Å². The van der Waals surface area contributed by atoms with Crippen molar-refractivity contribution in [2.45, 2.75) is 51.5 Å². The molecular weight excluding hydrogens is 148 g/mol. The Morgan fingerprint density at radius 2 is 1.82 bits per heavy atom. The van der Waals surface area contributed by atoms with Gasteiger partial charge in [0.05, 0.1) is 0 Å². The first kappa shape index (κ1) is 9.05. The SMILES string of the molecule is CC(C)=C[SiH2]C1CCCCC1. The van der Waals surface area contributed by atoms with Gasteiger partial charge in [-0.1, -0.05) is 37.7 Å². The molecule has 0 heterocycles. The van der Waals surface area contributed by atoms with Crippen molar-refractivity contribution in [3.05, 3.63) is 11.3 Å². The molecule has 0 bridgehead atoms. The summed E-state index contributed by atoms with van der Waals surface area (Å²) in [6, 6.07) is 0. The summed E-state index contributed by atoms with van der Waals surface area (Å²) in [5.41, 5.74) is 5.23. The molecule has 11 heavy (non-hydrogen) atoms. The highest BCUT2D eigenvalue weighted by molar-refractivity contribution is 6.44. The molecule has 0 aromatic heterocycles. The summed E-state index contributed by atoms with van der Waals surface area (Å²) >= 11 is 0. The van der Waals surface area contributed by atoms with E-state index in [1.807, 2.05) is 0 Å². The zero-order valence-corrected chi connectivity index (χ0v) is 9.31. The molecule has 1 aliphatic carbocycles. The van der Waals surface area contributed by atoms with Gasteiger partial charge in [0.1, 0.15) is 0 Å². The minimum absolute atomic E-state index is 0.156. The van der Waals surface area contributed by atoms with E-state index in [-0.39, 0.29) is 9.52 Å². The second-order valence-electron chi connectivity index (χ2n) is 4.02. The van der Waals surface area contributed by atoms with Crippen LogP contribution in [0, 0.1) is 0 Å². The van der Waals surface area contributed by atoms with Gasteiger partial charge in [-0.05, 0) is 19.4 Å². The topological polar surface area (TPSA) is 0 Å². The summed E-state index contributed by atoms with van der Waals surface area (Å²) in [6.45, 7) is 4.46. The van der Waals surface area contributed by atoms with Gasteiger partial charge in [0, 0.05) is 9.52 Å². The van der Waals surface area contributed by atoms with E-state index in [1.165, 1.54) is 32.1 Å². The number of hydrogen-bond donors (Lipinski definition) is 0. The highest BCUT2D eigenvalue weighted by atomic mass is 28.2. The van der Waals surface area contributed by atoms with Crippen molar-refractivity contribution in [2.75, 3.05) is 0 Å². The van der Waals surface area contributed by atoms with Crippen LogP contribution in [0.3, 0.4) is 0 Å². The Balaban J connectivity index is 2.19. The largest absolute Gasteiger partial charge is 0.103 e. The van der Waals surface area contributed by atoms with E-state index in [0.717, 1.165) is 5.54 Å². The second kappa shape index (κ2) is 4.76. The van der Waals surface area contributed by atoms with Gasteiger partial charge in [-0.15, -0.1) is 5.70 Å². The molecule has 0 aromatic carbocycles. The first-order chi connectivity index (χ1) is 5.29. The van der Waals surface area contributed by atoms with Crippen LogP contribution in [-0.4, -0.2) is 9.52 Å². The van der Waals surface area contributed by atoms with Crippen molar-refractivity contribution in [3.8, 4) is 0 Å². The third-order valence-corrected chi connectivity index (χ3v) is 5.12. The van der Waals surface area contributed by atoms with Crippen molar-refractivity contribution in [1.29, 1.82) is 0 Å². The zero-order valence-electron chi connectivity index (χ0n) is 7.90. The third-order valence-electron chi connectivity index (χ3n) is 2.58. The number of allylic oxidation sites excluding steroid dienone is 1. The summed E-state index contributed by atoms with van der Waals surface area (Å²) in [7, 11) is 0.156. The highest BCUT2D eigenvalue weighted by Gasteiger charge is 2.11. The van der Waals surface area contributed by atoms with Gasteiger partial charge in [-0.3, -0.25) is 0 Å². The summed E-state index contributed by atoms with van der Waals surface area (Å²) < 4.78 is 0. The average molecular weight is 168 g/mol. The van der Waals surface area contributed by atoms with Crippen molar-refractivity contribution in [2.24, 2.45) is 0 Å². The Morgan fingerprint density at radius 3 is 2.36 bits per heavy atom. The molecule has 1 saturated carbocycles. The van der Waals surface area contributed by atoms with E-state index < -0.39 is 0 Å². The van der Waals surface area contributed by atoms with Gasteiger partial charge in [0.2, 0.25) is 0 Å². The van der Waals surface area contributed by atoms with Crippen LogP contribution < -0.4 is 0 Å². The van der Waals surface area contributed by atoms with Crippen LogP contribution in [0.15, 0.2) is 11.3 Å². The van der Waals surface area contributed by atoms with Gasteiger partial charge in [-0.25, -0.2) is 0 Å². The lowest BCUT2D eigenvalue weighted by Crippen LogP contribution is -2.06. The molecule has 0 spiro atoms. The van der Waals surface area contributed by atoms with Crippen molar-refractivity contribution >= 4 is 9.52 Å². The molecule has 0 unspecified atom stereocenters. The molecule has 0 aliphatic heterocycles. The predicted octanol–water partition coefficient (Wildman–Crippen LogP) is 2.83. The molecule has 1 fully saturated rings. The maximum absolute atomic E-state index is 2.54. The summed E-state index contributed by atoms with van der Waals surface area (Å²) in [4.78, 5) is 0. The maximum atomic E-state index is 2.54. The normalized spacial score (nSPS) is 20.9. The van der Waals surface area contributed by atoms with Crippen LogP contribution in [0.2, 0.25) is 5.54 Å². The molecule has 0 saturated heterocycles. The van der Waals surface area contributed by atoms with Gasteiger partial charge in [0.15, 0.2) is 0 Å². The average Bonchev–Trinajstić information content (AvgIpc) is 2.03. The predicted molar refractivity (Wildman–Crippen MR) is 54.8 cm³/mol. The summed E-state index contributed by atoms with van der Waals surface area (Å²) in [6.07, 6.45) is 7.59. The van der Waals surface area contributed by atoms with Crippen molar-refractivity contribution in [3.63, 3.8) is 0 Å². The quantitative estimate of drug-likeness (QED) is 0.556. The third kappa shape index (κ3) is 3.75. The van der Waals surface area contributed by atoms with E-state index in [2.05, 4.69) is 19.5 Å². The lowest BCUT2D eigenvalue weighted by atomic mass is 10.0. The van der Waals surface area contributed by atoms with Crippen LogP contribution in [0.1, 0.15) is 46.0 Å². The van der Waals surface area contributed by atoms with Crippen LogP contribution in [-0.2, 0) is 0 Å². The monoisotopic (exact) mass is 168 g/mol. The Labute approximate surface area is 72.9 Å². The molecule has 0 aromatic rings. The van der Waals surface area contributed by atoms with E-state index in [4.69, 9.17) is 0 Å². The van der Waals surface area contributed by atoms with E-state index in [9.17, 15) is 0 Å². The van der Waals surface area contributed by atoms with Gasteiger partial charge < -0.3 is 0 Å². The maximum Gasteiger partial charge on any atom is 0.0484 e. The van der Waals surface area contributed by atoms with Crippen molar-refractivity contribution in [1.82, 2.24) is 0 Å². The molecule has 1 heteroatoms. The molecule has 0 amide bonds. The minimum atomic E-state index is 0.156. The smallest absolute Gasteiger partial charge is 0.0484 e. The van der Waals surface area contributed by atoms with Crippen LogP contribution in [0.4, 0.5) is 0 Å². The number of rotatable bonds is 2. The Kier molecular flexibility index (Phi) is 3.91. The van der Waals surface area contributed by atoms with E-state index >= 15 is 0 Å². The van der Waals surface area contributed by atoms with Gasteiger partial charge in [0.25, 0.3) is 0 Å². The Bertz CT molecular complexity index is 128. The molecule has 1 aliphatic rings. The lowest BCUT2D eigenvalue weighted by molar-refractivity contribution is 0.502. The molecule has 0 atom stereocenters. The molecule has 0 nitrogen and oxygen atoms in total. The first-order valence-corrected chi connectivity index (χ1v) is 6.55. The zero-order chi connectivity index (χ0) is 8.10. The summed E-state index contributed by atoms with van der Waals surface area (Å²) in [5.74, 6) is 0. The standard InChI is InChI=1S/C10H20Si/c1-9(2)8-11-10-6-4-3-5-7-10/h8,10H,3-7,11H2,1-2H3. The van der Waals surface area contributed by atoms with E-state index in [0.29, 0.717) is 0 Å². The molecule has 0 radical (unpaired) electrons. The van der Waals surface area contributed by atoms with Gasteiger partial charge >= 0.3 is 0 Å². The van der Waals surface area contributed by atoms with Crippen molar-refractivity contribution < 1.29 is 0 Å². The van der Waals surface area contributed by atoms with E-state index in [1.54, 1.807) is 5.57 Å². The fraction of sp³-hybridized carbons (Fsp3) is 0.800. The lowest BCUT2D eigenvalue weighted by Gasteiger charge is -2.19. The molecular formula is C10H20Si. The number of hydrogen-bond acceptors (Lipinski definition) is 0. The fourth-order valence-corrected chi connectivity index (χ4v) is 3.68. The Morgan fingerprint density at radius 1 is 1.18 bits per heavy atom. The Hall–Kier alpha value is -0.0431. The van der Waals surface area contributed by atoms with Crippen LogP contribution in [0.5, 0.6) is 0 Å². The minimum Gasteiger partial charge on any atom is -0.103 e. The molecule has 1 rings (SSSR count). The molecule has 64 valence electrons. The molecule has 0 N–H and O–H groups in total. The second-order valence-corrected chi connectivity index (χ2v) is 6.06. The fourth-order valence-electron chi connectivity index (χ4n) is 1.83. The van der Waals surface area contributed by atoms with Crippen LogP contribution >= 0.6 is 0 Å². The van der Waals surface area contributed by atoms with Crippen LogP contribution in [0.25, 0.3) is 0 Å². The summed E-state index contributed by atoms with van der Waals surface area (Å²) in [5, 5.41) is 0. The highest BCUT2D eigenvalue weighted by Crippen LogP contribution is 2.27.